The van der Waals surface area contributed by atoms with Gasteiger partial charge < -0.3 is 14.4 Å². The summed E-state index contributed by atoms with van der Waals surface area (Å²) >= 11 is 0. The van der Waals surface area contributed by atoms with Gasteiger partial charge in [0, 0.05) is 25.3 Å². The largest absolute Gasteiger partial charge is 0.491 e. The van der Waals surface area contributed by atoms with Gasteiger partial charge in [0.25, 0.3) is 5.91 Å². The number of ether oxygens (including phenoxy) is 2. The number of rotatable bonds is 6. The Morgan fingerprint density at radius 1 is 1.41 bits per heavy atom. The van der Waals surface area contributed by atoms with E-state index in [1.54, 1.807) is 0 Å². The van der Waals surface area contributed by atoms with Crippen molar-refractivity contribution in [3.8, 4) is 5.75 Å². The second-order valence-electron chi connectivity index (χ2n) is 6.47. The van der Waals surface area contributed by atoms with Crippen LogP contribution in [0, 0.1) is 5.92 Å². The summed E-state index contributed by atoms with van der Waals surface area (Å²) in [5.41, 5.74) is 0.694. The van der Waals surface area contributed by atoms with Gasteiger partial charge in [0.1, 0.15) is 12.4 Å². The van der Waals surface area contributed by atoms with Crippen LogP contribution in [0.4, 0.5) is 0 Å². The predicted molar refractivity (Wildman–Crippen MR) is 85.2 cm³/mol. The quantitative estimate of drug-likeness (QED) is 0.810. The van der Waals surface area contributed by atoms with Gasteiger partial charge in [0.05, 0.1) is 6.10 Å². The molecule has 0 aromatic heterocycles. The van der Waals surface area contributed by atoms with Gasteiger partial charge in [-0.15, -0.1) is 0 Å². The molecule has 0 bridgehead atoms. The van der Waals surface area contributed by atoms with Gasteiger partial charge in [-0.2, -0.15) is 0 Å². The Morgan fingerprint density at radius 2 is 2.23 bits per heavy atom. The van der Waals surface area contributed by atoms with Gasteiger partial charge in [-0.25, -0.2) is 0 Å². The molecule has 0 spiro atoms. The molecule has 0 N–H and O–H groups in total. The highest BCUT2D eigenvalue weighted by Gasteiger charge is 2.32. The van der Waals surface area contributed by atoms with Crippen molar-refractivity contribution in [2.75, 3.05) is 20.3 Å². The van der Waals surface area contributed by atoms with Gasteiger partial charge in [-0.1, -0.05) is 6.07 Å². The molecule has 1 aromatic rings. The Balaban J connectivity index is 1.60. The van der Waals surface area contributed by atoms with Crippen LogP contribution in [-0.4, -0.2) is 43.2 Å². The standard InChI is InChI=1S/C18H25NO3/c1-13(14-8-9-14)19(2)18(20)15-5-3-6-16(11-15)22-12-17-7-4-10-21-17/h3,5-6,11,13-14,17H,4,7-10,12H2,1-2H3. The van der Waals surface area contributed by atoms with Gasteiger partial charge in [0.15, 0.2) is 0 Å². The maximum Gasteiger partial charge on any atom is 0.253 e. The maximum absolute atomic E-state index is 12.6. The molecule has 1 aliphatic carbocycles. The highest BCUT2D eigenvalue weighted by Crippen LogP contribution is 2.35. The van der Waals surface area contributed by atoms with Crippen LogP contribution in [0.1, 0.15) is 43.0 Å². The summed E-state index contributed by atoms with van der Waals surface area (Å²) in [5, 5.41) is 0. The zero-order chi connectivity index (χ0) is 15.5. The fourth-order valence-electron chi connectivity index (χ4n) is 2.97. The molecule has 0 radical (unpaired) electrons. The van der Waals surface area contributed by atoms with Crippen LogP contribution in [0.25, 0.3) is 0 Å². The number of benzene rings is 1. The second-order valence-corrected chi connectivity index (χ2v) is 6.47. The summed E-state index contributed by atoms with van der Waals surface area (Å²) in [4.78, 5) is 14.4. The number of hydrogen-bond donors (Lipinski definition) is 0. The molecule has 22 heavy (non-hydrogen) atoms. The monoisotopic (exact) mass is 303 g/mol. The summed E-state index contributed by atoms with van der Waals surface area (Å²) in [6, 6.07) is 7.79. The number of nitrogens with zero attached hydrogens (tertiary/aromatic N) is 1. The molecule has 120 valence electrons. The molecule has 2 aliphatic rings. The molecule has 4 heteroatoms. The van der Waals surface area contributed by atoms with Crippen molar-refractivity contribution in [1.82, 2.24) is 4.90 Å². The normalized spacial score (nSPS) is 22.4. The molecule has 1 saturated heterocycles. The van der Waals surface area contributed by atoms with Gasteiger partial charge in [0.2, 0.25) is 0 Å². The van der Waals surface area contributed by atoms with Gasteiger partial charge >= 0.3 is 0 Å². The fourth-order valence-corrected chi connectivity index (χ4v) is 2.97. The minimum Gasteiger partial charge on any atom is -0.491 e. The number of carbonyl (C=O) groups is 1. The summed E-state index contributed by atoms with van der Waals surface area (Å²) in [6.45, 7) is 3.52. The predicted octanol–water partition coefficient (Wildman–Crippen LogP) is 3.11. The van der Waals surface area contributed by atoms with E-state index in [0.717, 1.165) is 25.2 Å². The first-order valence-corrected chi connectivity index (χ1v) is 8.27. The van der Waals surface area contributed by atoms with E-state index in [2.05, 4.69) is 6.92 Å². The lowest BCUT2D eigenvalue weighted by atomic mass is 10.1. The van der Waals surface area contributed by atoms with E-state index in [0.29, 0.717) is 24.1 Å². The average Bonchev–Trinajstić information content (AvgIpc) is 3.27. The molecule has 3 rings (SSSR count). The Labute approximate surface area is 132 Å². The highest BCUT2D eigenvalue weighted by molar-refractivity contribution is 5.94. The van der Waals surface area contributed by atoms with Crippen LogP contribution in [0.5, 0.6) is 5.75 Å². The summed E-state index contributed by atoms with van der Waals surface area (Å²) < 4.78 is 11.3. The molecule has 4 nitrogen and oxygen atoms in total. The van der Waals surface area contributed by atoms with E-state index < -0.39 is 0 Å². The summed E-state index contributed by atoms with van der Waals surface area (Å²) in [6.07, 6.45) is 4.83. The van der Waals surface area contributed by atoms with Crippen LogP contribution < -0.4 is 4.74 Å². The van der Waals surface area contributed by atoms with Crippen LogP contribution in [0.2, 0.25) is 0 Å². The van der Waals surface area contributed by atoms with E-state index in [9.17, 15) is 4.79 Å². The van der Waals surface area contributed by atoms with Crippen LogP contribution in [-0.2, 0) is 4.74 Å². The van der Waals surface area contributed by atoms with Crippen LogP contribution in [0.3, 0.4) is 0 Å². The van der Waals surface area contributed by atoms with Gasteiger partial charge in [-0.05, 0) is 56.7 Å². The van der Waals surface area contributed by atoms with E-state index in [1.165, 1.54) is 12.8 Å². The van der Waals surface area contributed by atoms with E-state index in [4.69, 9.17) is 9.47 Å². The van der Waals surface area contributed by atoms with E-state index in [-0.39, 0.29) is 12.0 Å². The second kappa shape index (κ2) is 6.69. The van der Waals surface area contributed by atoms with E-state index in [1.807, 2.05) is 36.2 Å². The average molecular weight is 303 g/mol. The first-order chi connectivity index (χ1) is 10.6. The number of hydrogen-bond acceptors (Lipinski definition) is 3. The molecule has 1 aromatic carbocycles. The molecule has 1 aliphatic heterocycles. The van der Waals surface area contributed by atoms with Crippen molar-refractivity contribution in [2.45, 2.75) is 44.8 Å². The zero-order valence-electron chi connectivity index (χ0n) is 13.5. The fraction of sp³-hybridized carbons (Fsp3) is 0.611. The lowest BCUT2D eigenvalue weighted by Crippen LogP contribution is -2.36. The Kier molecular flexibility index (Phi) is 4.67. The summed E-state index contributed by atoms with van der Waals surface area (Å²) in [5.74, 6) is 1.49. The summed E-state index contributed by atoms with van der Waals surface area (Å²) in [7, 11) is 1.89. The zero-order valence-corrected chi connectivity index (χ0v) is 13.5. The molecule has 1 heterocycles. The molecule has 1 saturated carbocycles. The molecular weight excluding hydrogens is 278 g/mol. The van der Waals surface area contributed by atoms with Crippen molar-refractivity contribution >= 4 is 5.91 Å². The highest BCUT2D eigenvalue weighted by atomic mass is 16.5. The maximum atomic E-state index is 12.6. The smallest absolute Gasteiger partial charge is 0.253 e. The Hall–Kier alpha value is -1.55. The molecule has 1 amide bonds. The minimum atomic E-state index is 0.0713. The van der Waals surface area contributed by atoms with Crippen LogP contribution >= 0.6 is 0 Å². The van der Waals surface area contributed by atoms with Crippen molar-refractivity contribution in [2.24, 2.45) is 5.92 Å². The van der Waals surface area contributed by atoms with Crippen LogP contribution in [0.15, 0.2) is 24.3 Å². The first-order valence-electron chi connectivity index (χ1n) is 8.27. The molecule has 2 atom stereocenters. The third-order valence-electron chi connectivity index (χ3n) is 4.78. The van der Waals surface area contributed by atoms with Crippen molar-refractivity contribution < 1.29 is 14.3 Å². The molecule has 2 unspecified atom stereocenters. The minimum absolute atomic E-state index is 0.0713. The lowest BCUT2D eigenvalue weighted by molar-refractivity contribution is 0.0676. The number of carbonyl (C=O) groups excluding carboxylic acids is 1. The van der Waals surface area contributed by atoms with Crippen molar-refractivity contribution in [1.29, 1.82) is 0 Å². The van der Waals surface area contributed by atoms with Gasteiger partial charge in [-0.3, -0.25) is 4.79 Å². The van der Waals surface area contributed by atoms with E-state index >= 15 is 0 Å². The number of amides is 1. The SMILES string of the molecule is CC(C1CC1)N(C)C(=O)c1cccc(OCC2CCCO2)c1. The molecule has 2 fully saturated rings. The Bertz CT molecular complexity index is 521. The third kappa shape index (κ3) is 3.61. The van der Waals surface area contributed by atoms with Crippen molar-refractivity contribution in [3.05, 3.63) is 29.8 Å². The lowest BCUT2D eigenvalue weighted by Gasteiger charge is -2.25. The third-order valence-corrected chi connectivity index (χ3v) is 4.78. The molecular formula is C18H25NO3. The topological polar surface area (TPSA) is 38.8 Å². The Morgan fingerprint density at radius 3 is 2.91 bits per heavy atom. The van der Waals surface area contributed by atoms with Crippen molar-refractivity contribution in [3.63, 3.8) is 0 Å². The first kappa shape index (κ1) is 15.3.